The third-order valence-electron chi connectivity index (χ3n) is 4.98. The Morgan fingerprint density at radius 3 is 2.77 bits per heavy atom. The Morgan fingerprint density at radius 1 is 1.27 bits per heavy atom. The molecule has 1 N–H and O–H groups in total. The second kappa shape index (κ2) is 8.20. The number of hydrogen-bond acceptors (Lipinski definition) is 8. The van der Waals surface area contributed by atoms with E-state index in [1.165, 1.54) is 24.5 Å². The van der Waals surface area contributed by atoms with Gasteiger partial charge in [0.25, 0.3) is 5.69 Å². The molecule has 0 spiro atoms. The van der Waals surface area contributed by atoms with Gasteiger partial charge in [-0.3, -0.25) is 24.5 Å². The van der Waals surface area contributed by atoms with Crippen LogP contribution >= 0.6 is 11.6 Å². The zero-order valence-electron chi connectivity index (χ0n) is 16.2. The van der Waals surface area contributed by atoms with Gasteiger partial charge in [-0.15, -0.1) is 0 Å². The second-order valence-electron chi connectivity index (χ2n) is 6.93. The molecule has 3 heterocycles. The molecule has 1 amide bonds. The van der Waals surface area contributed by atoms with Crippen LogP contribution in [0.15, 0.2) is 30.7 Å². The van der Waals surface area contributed by atoms with Crippen molar-refractivity contribution in [2.45, 2.75) is 0 Å². The van der Waals surface area contributed by atoms with Gasteiger partial charge in [-0.25, -0.2) is 9.97 Å². The van der Waals surface area contributed by atoms with Crippen LogP contribution < -0.4 is 10.2 Å². The van der Waals surface area contributed by atoms with Crippen LogP contribution in [-0.4, -0.2) is 68.2 Å². The first-order valence-corrected chi connectivity index (χ1v) is 9.64. The van der Waals surface area contributed by atoms with Gasteiger partial charge in [-0.1, -0.05) is 11.6 Å². The number of piperazine rings is 1. The van der Waals surface area contributed by atoms with Crippen LogP contribution in [0.25, 0.3) is 11.0 Å². The molecular weight excluding hydrogens is 412 g/mol. The number of benzene rings is 1. The van der Waals surface area contributed by atoms with E-state index in [9.17, 15) is 14.9 Å². The van der Waals surface area contributed by atoms with Gasteiger partial charge < -0.3 is 10.2 Å². The monoisotopic (exact) mass is 430 g/mol. The highest BCUT2D eigenvalue weighted by atomic mass is 35.5. The van der Waals surface area contributed by atoms with E-state index in [2.05, 4.69) is 25.3 Å². The maximum atomic E-state index is 12.4. The molecule has 12 heteroatoms. The number of nitro groups is 1. The number of nitro benzene ring substituents is 1. The normalized spacial score (nSPS) is 14.8. The molecule has 0 bridgehead atoms. The predicted octanol–water partition coefficient (Wildman–Crippen LogP) is 1.69. The molecule has 2 aromatic heterocycles. The van der Waals surface area contributed by atoms with Crippen LogP contribution in [0.1, 0.15) is 0 Å². The number of halogens is 1. The topological polar surface area (TPSA) is 122 Å². The minimum atomic E-state index is -0.568. The number of carbonyl (C=O) groups is 1. The van der Waals surface area contributed by atoms with Crippen molar-refractivity contribution in [3.63, 3.8) is 0 Å². The van der Waals surface area contributed by atoms with Gasteiger partial charge in [0.1, 0.15) is 17.8 Å². The van der Waals surface area contributed by atoms with Crippen molar-refractivity contribution in [1.82, 2.24) is 24.6 Å². The Kier molecular flexibility index (Phi) is 5.46. The molecule has 0 saturated carbocycles. The SMILES string of the molecule is Cn1ncc2c(N3CCN(CC(=O)Nc4ccc(Cl)cc4[N+](=O)[O-])CC3)ncnc21. The maximum Gasteiger partial charge on any atom is 0.294 e. The van der Waals surface area contributed by atoms with E-state index >= 15 is 0 Å². The average molecular weight is 431 g/mol. The zero-order chi connectivity index (χ0) is 21.3. The Hall–Kier alpha value is -3.31. The summed E-state index contributed by atoms with van der Waals surface area (Å²) in [4.78, 5) is 35.8. The molecule has 0 atom stereocenters. The van der Waals surface area contributed by atoms with Crippen LogP contribution in [0.2, 0.25) is 5.02 Å². The Bertz CT molecular complexity index is 1110. The largest absolute Gasteiger partial charge is 0.353 e. The summed E-state index contributed by atoms with van der Waals surface area (Å²) in [5.74, 6) is 0.513. The van der Waals surface area contributed by atoms with E-state index in [4.69, 9.17) is 11.6 Å². The molecule has 0 aliphatic carbocycles. The quantitative estimate of drug-likeness (QED) is 0.479. The van der Waals surface area contributed by atoms with Gasteiger partial charge in [0.2, 0.25) is 5.91 Å². The summed E-state index contributed by atoms with van der Waals surface area (Å²) in [5.41, 5.74) is 0.671. The van der Waals surface area contributed by atoms with Gasteiger partial charge in [0.15, 0.2) is 5.65 Å². The lowest BCUT2D eigenvalue weighted by molar-refractivity contribution is -0.383. The fraction of sp³-hybridized carbons (Fsp3) is 0.333. The Labute approximate surface area is 176 Å². The van der Waals surface area contributed by atoms with E-state index in [1.807, 2.05) is 11.9 Å². The van der Waals surface area contributed by atoms with E-state index in [0.717, 1.165) is 16.9 Å². The molecule has 156 valence electrons. The molecule has 0 unspecified atom stereocenters. The van der Waals surface area contributed by atoms with Gasteiger partial charge in [0, 0.05) is 44.3 Å². The number of anilines is 2. The molecule has 4 rings (SSSR count). The number of aromatic nitrogens is 4. The molecule has 30 heavy (non-hydrogen) atoms. The minimum absolute atomic E-state index is 0.132. The number of rotatable bonds is 5. The third-order valence-corrected chi connectivity index (χ3v) is 5.21. The van der Waals surface area contributed by atoms with E-state index in [0.29, 0.717) is 26.2 Å². The van der Waals surface area contributed by atoms with Crippen molar-refractivity contribution in [1.29, 1.82) is 0 Å². The van der Waals surface area contributed by atoms with Crippen LogP contribution in [0, 0.1) is 10.1 Å². The molecule has 1 saturated heterocycles. The van der Waals surface area contributed by atoms with Crippen molar-refractivity contribution < 1.29 is 9.72 Å². The minimum Gasteiger partial charge on any atom is -0.353 e. The van der Waals surface area contributed by atoms with E-state index in [1.54, 1.807) is 10.9 Å². The molecule has 3 aromatic rings. The van der Waals surface area contributed by atoms with E-state index in [-0.39, 0.29) is 28.8 Å². The molecular formula is C18H19ClN8O3. The molecule has 1 aliphatic heterocycles. The lowest BCUT2D eigenvalue weighted by atomic mass is 10.2. The number of aryl methyl sites for hydroxylation is 1. The summed E-state index contributed by atoms with van der Waals surface area (Å²) in [6.07, 6.45) is 3.28. The standard InChI is InChI=1S/C18H19ClN8O3/c1-24-17-13(9-22-24)18(21-11-20-17)26-6-4-25(5-7-26)10-16(28)23-14-3-2-12(19)8-15(14)27(29)30/h2-3,8-9,11H,4-7,10H2,1H3,(H,23,28). The lowest BCUT2D eigenvalue weighted by Gasteiger charge is -2.35. The molecule has 1 fully saturated rings. The van der Waals surface area contributed by atoms with Gasteiger partial charge in [-0.2, -0.15) is 5.10 Å². The van der Waals surface area contributed by atoms with Crippen LogP contribution in [-0.2, 0) is 11.8 Å². The summed E-state index contributed by atoms with van der Waals surface area (Å²) >= 11 is 5.81. The first-order chi connectivity index (χ1) is 14.4. The summed E-state index contributed by atoms with van der Waals surface area (Å²) in [6, 6.07) is 4.16. The molecule has 1 aliphatic rings. The number of amides is 1. The highest BCUT2D eigenvalue weighted by Crippen LogP contribution is 2.28. The predicted molar refractivity (Wildman–Crippen MR) is 112 cm³/mol. The first-order valence-electron chi connectivity index (χ1n) is 9.26. The fourth-order valence-electron chi connectivity index (χ4n) is 3.47. The number of carbonyl (C=O) groups excluding carboxylic acids is 1. The highest BCUT2D eigenvalue weighted by Gasteiger charge is 2.23. The third kappa shape index (κ3) is 4.02. The first kappa shape index (κ1) is 20.0. The summed E-state index contributed by atoms with van der Waals surface area (Å²) < 4.78 is 1.71. The van der Waals surface area contributed by atoms with Crippen molar-refractivity contribution in [3.8, 4) is 0 Å². The van der Waals surface area contributed by atoms with Crippen LogP contribution in [0.3, 0.4) is 0 Å². The maximum absolute atomic E-state index is 12.4. The Morgan fingerprint density at radius 2 is 2.03 bits per heavy atom. The highest BCUT2D eigenvalue weighted by molar-refractivity contribution is 6.31. The lowest BCUT2D eigenvalue weighted by Crippen LogP contribution is -2.49. The summed E-state index contributed by atoms with van der Waals surface area (Å²) in [7, 11) is 1.83. The van der Waals surface area contributed by atoms with E-state index < -0.39 is 4.92 Å². The smallest absolute Gasteiger partial charge is 0.294 e. The molecule has 1 aromatic carbocycles. The van der Waals surface area contributed by atoms with Gasteiger partial charge in [0.05, 0.1) is 23.1 Å². The van der Waals surface area contributed by atoms with Gasteiger partial charge in [-0.05, 0) is 12.1 Å². The van der Waals surface area contributed by atoms with Crippen molar-refractivity contribution in [3.05, 3.63) is 45.9 Å². The zero-order valence-corrected chi connectivity index (χ0v) is 16.9. The molecule has 11 nitrogen and oxygen atoms in total. The average Bonchev–Trinajstić information content (AvgIpc) is 3.11. The fourth-order valence-corrected chi connectivity index (χ4v) is 3.64. The van der Waals surface area contributed by atoms with Crippen LogP contribution in [0.4, 0.5) is 17.2 Å². The Balaban J connectivity index is 1.37. The molecule has 0 radical (unpaired) electrons. The van der Waals surface area contributed by atoms with Crippen molar-refractivity contribution in [2.24, 2.45) is 7.05 Å². The van der Waals surface area contributed by atoms with Crippen LogP contribution in [0.5, 0.6) is 0 Å². The second-order valence-corrected chi connectivity index (χ2v) is 7.37. The number of fused-ring (bicyclic) bond motifs is 1. The summed E-state index contributed by atoms with van der Waals surface area (Å²) in [6.45, 7) is 2.83. The van der Waals surface area contributed by atoms with Gasteiger partial charge >= 0.3 is 0 Å². The number of nitrogens with one attached hydrogen (secondary N) is 1. The number of hydrogen-bond donors (Lipinski definition) is 1. The van der Waals surface area contributed by atoms with Crippen molar-refractivity contribution >= 4 is 45.7 Å². The van der Waals surface area contributed by atoms with Crippen molar-refractivity contribution in [2.75, 3.05) is 42.9 Å². The number of nitrogens with zero attached hydrogens (tertiary/aromatic N) is 7. The summed E-state index contributed by atoms with van der Waals surface area (Å²) in [5, 5.41) is 19.2.